The van der Waals surface area contributed by atoms with Gasteiger partial charge in [0.25, 0.3) is 6.43 Å². The molecule has 1 heterocycles. The van der Waals surface area contributed by atoms with Crippen LogP contribution in [0.15, 0.2) is 6.20 Å². The number of ether oxygens (including phenoxy) is 1. The molecule has 1 aromatic rings. The molecule has 0 unspecified atom stereocenters. The van der Waals surface area contributed by atoms with Crippen LogP contribution in [0.4, 0.5) is 8.78 Å². The first-order valence-corrected chi connectivity index (χ1v) is 4.49. The van der Waals surface area contributed by atoms with Crippen LogP contribution in [0.1, 0.15) is 23.1 Å². The largest absolute Gasteiger partial charge is 0.481 e. The number of halogens is 3. The highest BCUT2D eigenvalue weighted by Gasteiger charge is 2.21. The predicted molar refractivity (Wildman–Crippen MR) is 50.0 cm³/mol. The van der Waals surface area contributed by atoms with Gasteiger partial charge in [0.05, 0.1) is 18.6 Å². The maximum Gasteiger partial charge on any atom is 0.265 e. The zero-order valence-electron chi connectivity index (χ0n) is 7.80. The lowest BCUT2D eigenvalue weighted by molar-refractivity contribution is 0.149. The van der Waals surface area contributed by atoms with E-state index in [9.17, 15) is 8.78 Å². The van der Waals surface area contributed by atoms with Crippen molar-refractivity contribution in [3.8, 4) is 11.9 Å². The lowest BCUT2D eigenvalue weighted by Gasteiger charge is -2.11. The minimum atomic E-state index is -2.77. The van der Waals surface area contributed by atoms with E-state index in [2.05, 4.69) is 4.98 Å². The Morgan fingerprint density at radius 2 is 2.33 bits per heavy atom. The topological polar surface area (TPSA) is 45.9 Å². The number of alkyl halides is 3. The van der Waals surface area contributed by atoms with Crippen molar-refractivity contribution in [1.82, 2.24) is 4.98 Å². The first kappa shape index (κ1) is 11.7. The summed E-state index contributed by atoms with van der Waals surface area (Å²) in [6.45, 7) is 0. The SMILES string of the molecule is COc1ncc(C#N)c(C(F)F)c1CCl. The number of aromatic nitrogens is 1. The third-order valence-corrected chi connectivity index (χ3v) is 2.12. The smallest absolute Gasteiger partial charge is 0.265 e. The maximum atomic E-state index is 12.7. The predicted octanol–water partition coefficient (Wildman–Crippen LogP) is 2.64. The second-order valence-electron chi connectivity index (χ2n) is 2.62. The van der Waals surface area contributed by atoms with Gasteiger partial charge in [-0.1, -0.05) is 0 Å². The highest BCUT2D eigenvalue weighted by atomic mass is 35.5. The monoisotopic (exact) mass is 232 g/mol. The van der Waals surface area contributed by atoms with Crippen LogP contribution in [0, 0.1) is 11.3 Å². The minimum absolute atomic E-state index is 0.0271. The van der Waals surface area contributed by atoms with E-state index in [0.29, 0.717) is 0 Å². The van der Waals surface area contributed by atoms with Crippen LogP contribution in [0.3, 0.4) is 0 Å². The molecular formula is C9H7ClF2N2O. The molecule has 0 saturated carbocycles. The molecular weight excluding hydrogens is 226 g/mol. The lowest BCUT2D eigenvalue weighted by Crippen LogP contribution is -2.02. The quantitative estimate of drug-likeness (QED) is 0.753. The summed E-state index contributed by atoms with van der Waals surface area (Å²) in [4.78, 5) is 3.72. The molecule has 1 aromatic heterocycles. The number of hydrogen-bond acceptors (Lipinski definition) is 3. The second kappa shape index (κ2) is 4.89. The summed E-state index contributed by atoms with van der Waals surface area (Å²) in [7, 11) is 1.31. The Morgan fingerprint density at radius 1 is 1.67 bits per heavy atom. The van der Waals surface area contributed by atoms with Crippen molar-refractivity contribution >= 4 is 11.6 Å². The van der Waals surface area contributed by atoms with E-state index in [-0.39, 0.29) is 22.9 Å². The van der Waals surface area contributed by atoms with Gasteiger partial charge in [-0.3, -0.25) is 0 Å². The Labute approximate surface area is 90.3 Å². The van der Waals surface area contributed by atoms with Gasteiger partial charge in [0, 0.05) is 17.3 Å². The fraction of sp³-hybridized carbons (Fsp3) is 0.333. The van der Waals surface area contributed by atoms with Crippen molar-refractivity contribution < 1.29 is 13.5 Å². The number of rotatable bonds is 3. The molecule has 3 nitrogen and oxygen atoms in total. The maximum absolute atomic E-state index is 12.7. The standard InChI is InChI=1S/C9H7ClF2N2O/c1-15-9-6(2-10)7(8(11)12)5(3-13)4-14-9/h4,8H,2H2,1H3. The van der Waals surface area contributed by atoms with E-state index in [0.717, 1.165) is 6.20 Å². The van der Waals surface area contributed by atoms with Gasteiger partial charge in [-0.05, 0) is 0 Å². The van der Waals surface area contributed by atoms with Crippen LogP contribution in [0.25, 0.3) is 0 Å². The molecule has 0 atom stereocenters. The number of methoxy groups -OCH3 is 1. The average molecular weight is 233 g/mol. The summed E-state index contributed by atoms with van der Waals surface area (Å²) in [6.07, 6.45) is -1.72. The molecule has 0 aliphatic carbocycles. The molecule has 0 bridgehead atoms. The normalized spacial score (nSPS) is 10.1. The third-order valence-electron chi connectivity index (χ3n) is 1.85. The van der Waals surface area contributed by atoms with E-state index in [1.54, 1.807) is 6.07 Å². The van der Waals surface area contributed by atoms with E-state index in [1.165, 1.54) is 7.11 Å². The number of nitriles is 1. The molecule has 6 heteroatoms. The number of hydrogen-bond donors (Lipinski definition) is 0. The Balaban J connectivity index is 3.46. The van der Waals surface area contributed by atoms with E-state index < -0.39 is 12.0 Å². The van der Waals surface area contributed by atoms with Gasteiger partial charge >= 0.3 is 0 Å². The van der Waals surface area contributed by atoms with Gasteiger partial charge in [-0.15, -0.1) is 11.6 Å². The molecule has 0 amide bonds. The Morgan fingerprint density at radius 3 is 2.73 bits per heavy atom. The summed E-state index contributed by atoms with van der Waals surface area (Å²) >= 11 is 5.53. The summed E-state index contributed by atoms with van der Waals surface area (Å²) in [5.41, 5.74) is -0.519. The first-order valence-electron chi connectivity index (χ1n) is 3.95. The van der Waals surface area contributed by atoms with Crippen molar-refractivity contribution in [2.75, 3.05) is 7.11 Å². The molecule has 0 aromatic carbocycles. The van der Waals surface area contributed by atoms with Crippen molar-refractivity contribution in [1.29, 1.82) is 5.26 Å². The first-order chi connectivity index (χ1) is 7.15. The number of pyridine rings is 1. The summed E-state index contributed by atoms with van der Waals surface area (Å²) in [5.74, 6) is -0.148. The van der Waals surface area contributed by atoms with Crippen LogP contribution >= 0.6 is 11.6 Å². The van der Waals surface area contributed by atoms with E-state index >= 15 is 0 Å². The molecule has 0 saturated heterocycles. The third kappa shape index (κ3) is 2.16. The second-order valence-corrected chi connectivity index (χ2v) is 2.89. The average Bonchev–Trinajstić information content (AvgIpc) is 2.26. The fourth-order valence-corrected chi connectivity index (χ4v) is 1.45. The van der Waals surface area contributed by atoms with E-state index in [4.69, 9.17) is 21.6 Å². The molecule has 0 aliphatic rings. The molecule has 0 spiro atoms. The summed E-state index contributed by atoms with van der Waals surface area (Å²) in [5, 5.41) is 8.64. The van der Waals surface area contributed by atoms with Gasteiger partial charge in [0.1, 0.15) is 6.07 Å². The highest BCUT2D eigenvalue weighted by Crippen LogP contribution is 2.32. The lowest BCUT2D eigenvalue weighted by atomic mass is 10.1. The van der Waals surface area contributed by atoms with Crippen molar-refractivity contribution in [3.63, 3.8) is 0 Å². The zero-order chi connectivity index (χ0) is 11.4. The van der Waals surface area contributed by atoms with Crippen LogP contribution in [0.2, 0.25) is 0 Å². The molecule has 15 heavy (non-hydrogen) atoms. The Kier molecular flexibility index (Phi) is 3.81. The van der Waals surface area contributed by atoms with Gasteiger partial charge < -0.3 is 4.74 Å². The van der Waals surface area contributed by atoms with Gasteiger partial charge in [0.2, 0.25) is 5.88 Å². The summed E-state index contributed by atoms with van der Waals surface area (Å²) in [6, 6.07) is 1.65. The van der Waals surface area contributed by atoms with Crippen molar-refractivity contribution in [2.45, 2.75) is 12.3 Å². The van der Waals surface area contributed by atoms with E-state index in [1.807, 2.05) is 0 Å². The van der Waals surface area contributed by atoms with Gasteiger partial charge in [0.15, 0.2) is 0 Å². The van der Waals surface area contributed by atoms with Crippen LogP contribution in [-0.2, 0) is 5.88 Å². The summed E-state index contributed by atoms with van der Waals surface area (Å²) < 4.78 is 30.2. The molecule has 1 rings (SSSR count). The molecule has 0 fully saturated rings. The number of nitrogens with zero attached hydrogens (tertiary/aromatic N) is 2. The van der Waals surface area contributed by atoms with Crippen LogP contribution < -0.4 is 4.74 Å². The molecule has 0 N–H and O–H groups in total. The van der Waals surface area contributed by atoms with Gasteiger partial charge in [-0.25, -0.2) is 13.8 Å². The Hall–Kier alpha value is -1.41. The minimum Gasteiger partial charge on any atom is -0.481 e. The Bertz CT molecular complexity index is 404. The molecule has 80 valence electrons. The molecule has 0 radical (unpaired) electrons. The van der Waals surface area contributed by atoms with Crippen molar-refractivity contribution in [2.24, 2.45) is 0 Å². The van der Waals surface area contributed by atoms with Crippen LogP contribution in [-0.4, -0.2) is 12.1 Å². The van der Waals surface area contributed by atoms with Crippen LogP contribution in [0.5, 0.6) is 5.88 Å². The zero-order valence-corrected chi connectivity index (χ0v) is 8.55. The van der Waals surface area contributed by atoms with Gasteiger partial charge in [-0.2, -0.15) is 5.26 Å². The van der Waals surface area contributed by atoms with Crippen molar-refractivity contribution in [3.05, 3.63) is 22.9 Å². The fourth-order valence-electron chi connectivity index (χ4n) is 1.19. The molecule has 0 aliphatic heterocycles. The highest BCUT2D eigenvalue weighted by molar-refractivity contribution is 6.17.